The quantitative estimate of drug-likeness (QED) is 0.815. The van der Waals surface area contributed by atoms with Gasteiger partial charge in [0.05, 0.1) is 0 Å². The van der Waals surface area contributed by atoms with E-state index in [2.05, 4.69) is 28.9 Å². The maximum Gasteiger partial charge on any atom is 0.241 e. The Balaban J connectivity index is 2.11. The summed E-state index contributed by atoms with van der Waals surface area (Å²) in [5.41, 5.74) is 0. The van der Waals surface area contributed by atoms with Crippen molar-refractivity contribution < 1.29 is 4.74 Å². The monoisotopic (exact) mass is 279 g/mol. The molecule has 1 aromatic heterocycles. The Labute approximate surface area is 118 Å². The van der Waals surface area contributed by atoms with Crippen molar-refractivity contribution in [2.45, 2.75) is 13.8 Å². The van der Waals surface area contributed by atoms with Crippen LogP contribution in [0.25, 0.3) is 10.8 Å². The highest BCUT2D eigenvalue weighted by Gasteiger charge is 2.08. The van der Waals surface area contributed by atoms with E-state index in [1.54, 1.807) is 0 Å². The lowest BCUT2D eigenvalue weighted by Crippen LogP contribution is -2.28. The number of hydrogen-bond donors (Lipinski definition) is 0. The minimum absolute atomic E-state index is 0.409. The molecule has 0 amide bonds. The number of halogens is 1. The van der Waals surface area contributed by atoms with Crippen molar-refractivity contribution in [1.29, 1.82) is 0 Å². The van der Waals surface area contributed by atoms with Crippen LogP contribution in [0.3, 0.4) is 0 Å². The van der Waals surface area contributed by atoms with Crippen LogP contribution in [0.2, 0.25) is 5.15 Å². The van der Waals surface area contributed by atoms with E-state index < -0.39 is 0 Å². The fourth-order valence-corrected chi connectivity index (χ4v) is 2.17. The number of benzene rings is 1. The molecule has 2 rings (SSSR count). The Morgan fingerprint density at radius 2 is 1.79 bits per heavy atom. The molecule has 0 spiro atoms. The van der Waals surface area contributed by atoms with Crippen LogP contribution in [-0.4, -0.2) is 41.3 Å². The molecule has 0 unspecified atom stereocenters. The largest absolute Gasteiger partial charge is 0.475 e. The molecule has 0 saturated carbocycles. The number of hydrogen-bond acceptors (Lipinski definition) is 4. The number of fused-ring (bicyclic) bond motifs is 1. The first-order chi connectivity index (χ1) is 9.26. The predicted molar refractivity (Wildman–Crippen MR) is 77.8 cm³/mol. The highest BCUT2D eigenvalue weighted by molar-refractivity contribution is 6.34. The zero-order chi connectivity index (χ0) is 13.7. The van der Waals surface area contributed by atoms with E-state index in [9.17, 15) is 0 Å². The predicted octanol–water partition coefficient (Wildman–Crippen LogP) is 3.00. The van der Waals surface area contributed by atoms with E-state index >= 15 is 0 Å². The molecule has 0 fully saturated rings. The second-order valence-electron chi connectivity index (χ2n) is 4.22. The molecule has 0 aliphatic carbocycles. The molecule has 2 aromatic rings. The molecular formula is C14H18ClN3O. The van der Waals surface area contributed by atoms with Gasteiger partial charge >= 0.3 is 0 Å². The van der Waals surface area contributed by atoms with Gasteiger partial charge in [0.1, 0.15) is 6.61 Å². The van der Waals surface area contributed by atoms with Crippen molar-refractivity contribution in [3.63, 3.8) is 0 Å². The Hall–Kier alpha value is -1.39. The lowest BCUT2D eigenvalue weighted by atomic mass is 10.2. The van der Waals surface area contributed by atoms with Crippen LogP contribution in [-0.2, 0) is 0 Å². The van der Waals surface area contributed by atoms with Crippen molar-refractivity contribution in [3.8, 4) is 5.88 Å². The van der Waals surface area contributed by atoms with Gasteiger partial charge in [0.15, 0.2) is 5.15 Å². The molecule has 0 atom stereocenters. The minimum atomic E-state index is 0.409. The topological polar surface area (TPSA) is 38.2 Å². The van der Waals surface area contributed by atoms with E-state index in [1.165, 1.54) is 0 Å². The first kappa shape index (κ1) is 14.0. The van der Waals surface area contributed by atoms with Gasteiger partial charge in [-0.1, -0.05) is 43.6 Å². The Bertz CT molecular complexity index is 543. The van der Waals surface area contributed by atoms with Crippen molar-refractivity contribution in [2.75, 3.05) is 26.2 Å². The van der Waals surface area contributed by atoms with Gasteiger partial charge in [-0.25, -0.2) is 0 Å². The average molecular weight is 280 g/mol. The van der Waals surface area contributed by atoms with Gasteiger partial charge in [0.2, 0.25) is 5.88 Å². The summed E-state index contributed by atoms with van der Waals surface area (Å²) >= 11 is 6.02. The fraction of sp³-hybridized carbons (Fsp3) is 0.429. The third-order valence-electron chi connectivity index (χ3n) is 3.15. The number of likely N-dealkylation sites (N-methyl/N-ethyl adjacent to an activating group) is 1. The highest BCUT2D eigenvalue weighted by Crippen LogP contribution is 2.26. The van der Waals surface area contributed by atoms with E-state index in [0.717, 1.165) is 30.4 Å². The molecular weight excluding hydrogens is 262 g/mol. The van der Waals surface area contributed by atoms with Gasteiger partial charge in [0, 0.05) is 17.3 Å². The number of nitrogens with zero attached hydrogens (tertiary/aromatic N) is 3. The second-order valence-corrected chi connectivity index (χ2v) is 4.57. The maximum absolute atomic E-state index is 6.02. The Morgan fingerprint density at radius 1 is 1.11 bits per heavy atom. The molecule has 1 aromatic carbocycles. The summed E-state index contributed by atoms with van der Waals surface area (Å²) in [7, 11) is 0. The van der Waals surface area contributed by atoms with Crippen molar-refractivity contribution in [2.24, 2.45) is 0 Å². The summed E-state index contributed by atoms with van der Waals surface area (Å²) in [6.45, 7) is 7.80. The summed E-state index contributed by atoms with van der Waals surface area (Å²) in [6, 6.07) is 7.74. The molecule has 0 radical (unpaired) electrons. The summed E-state index contributed by atoms with van der Waals surface area (Å²) in [5, 5.41) is 10.1. The van der Waals surface area contributed by atoms with Crippen LogP contribution >= 0.6 is 11.6 Å². The zero-order valence-electron chi connectivity index (χ0n) is 11.3. The number of ether oxygens (including phenoxy) is 1. The summed E-state index contributed by atoms with van der Waals surface area (Å²) in [5.74, 6) is 0.548. The van der Waals surface area contributed by atoms with E-state index in [1.807, 2.05) is 24.3 Å². The molecule has 19 heavy (non-hydrogen) atoms. The maximum atomic E-state index is 6.02. The number of rotatable bonds is 6. The molecule has 0 saturated heterocycles. The minimum Gasteiger partial charge on any atom is -0.475 e. The van der Waals surface area contributed by atoms with Gasteiger partial charge < -0.3 is 9.64 Å². The van der Waals surface area contributed by atoms with E-state index in [0.29, 0.717) is 17.6 Å². The van der Waals surface area contributed by atoms with Crippen molar-refractivity contribution in [1.82, 2.24) is 15.1 Å². The summed E-state index contributed by atoms with van der Waals surface area (Å²) in [6.07, 6.45) is 0. The highest BCUT2D eigenvalue weighted by atomic mass is 35.5. The second kappa shape index (κ2) is 6.68. The third-order valence-corrected chi connectivity index (χ3v) is 3.43. The molecule has 102 valence electrons. The summed E-state index contributed by atoms with van der Waals surface area (Å²) < 4.78 is 5.73. The zero-order valence-corrected chi connectivity index (χ0v) is 12.0. The third kappa shape index (κ3) is 3.33. The SMILES string of the molecule is CCN(CC)CCOc1nnc(Cl)c2ccccc12. The fourth-order valence-electron chi connectivity index (χ4n) is 1.96. The standard InChI is InChI=1S/C14H18ClN3O/c1-3-18(4-2)9-10-19-14-12-8-6-5-7-11(12)13(15)16-17-14/h5-8H,3-4,9-10H2,1-2H3. The van der Waals surface area contributed by atoms with Gasteiger partial charge in [-0.05, 0) is 19.2 Å². The van der Waals surface area contributed by atoms with E-state index in [-0.39, 0.29) is 0 Å². The lowest BCUT2D eigenvalue weighted by molar-refractivity contribution is 0.218. The van der Waals surface area contributed by atoms with Gasteiger partial charge in [0.25, 0.3) is 0 Å². The normalized spacial score (nSPS) is 11.2. The van der Waals surface area contributed by atoms with Crippen LogP contribution in [0.1, 0.15) is 13.8 Å². The smallest absolute Gasteiger partial charge is 0.241 e. The molecule has 0 bridgehead atoms. The van der Waals surface area contributed by atoms with Crippen LogP contribution < -0.4 is 4.74 Å². The van der Waals surface area contributed by atoms with Crippen LogP contribution in [0.5, 0.6) is 5.88 Å². The Morgan fingerprint density at radius 3 is 2.47 bits per heavy atom. The molecule has 5 heteroatoms. The Kier molecular flexibility index (Phi) is 4.93. The molecule has 4 nitrogen and oxygen atoms in total. The molecule has 0 aliphatic rings. The van der Waals surface area contributed by atoms with E-state index in [4.69, 9.17) is 16.3 Å². The van der Waals surface area contributed by atoms with Gasteiger partial charge in [-0.3, -0.25) is 0 Å². The lowest BCUT2D eigenvalue weighted by Gasteiger charge is -2.17. The van der Waals surface area contributed by atoms with Crippen LogP contribution in [0, 0.1) is 0 Å². The molecule has 1 heterocycles. The van der Waals surface area contributed by atoms with Gasteiger partial charge in [-0.15, -0.1) is 10.2 Å². The summed E-state index contributed by atoms with van der Waals surface area (Å²) in [4.78, 5) is 2.30. The average Bonchev–Trinajstić information content (AvgIpc) is 2.46. The first-order valence-electron chi connectivity index (χ1n) is 6.52. The van der Waals surface area contributed by atoms with Crippen LogP contribution in [0.4, 0.5) is 0 Å². The van der Waals surface area contributed by atoms with Gasteiger partial charge in [-0.2, -0.15) is 0 Å². The number of aromatic nitrogens is 2. The van der Waals surface area contributed by atoms with Crippen LogP contribution in [0.15, 0.2) is 24.3 Å². The van der Waals surface area contributed by atoms with Crippen molar-refractivity contribution >= 4 is 22.4 Å². The molecule has 0 aliphatic heterocycles. The first-order valence-corrected chi connectivity index (χ1v) is 6.90. The molecule has 0 N–H and O–H groups in total. The van der Waals surface area contributed by atoms with Crippen molar-refractivity contribution in [3.05, 3.63) is 29.4 Å².